The van der Waals surface area contributed by atoms with Gasteiger partial charge in [0.2, 0.25) is 5.91 Å². The van der Waals surface area contributed by atoms with Gasteiger partial charge in [-0.05, 0) is 84.6 Å². The number of carbonyl (C=O) groups is 3. The molecule has 4 N–H and O–H groups in total. The topological polar surface area (TPSA) is 163 Å². The van der Waals surface area contributed by atoms with E-state index in [1.165, 1.54) is 13.0 Å². The number of carbonyl (C=O) groups excluding carboxylic acids is 3. The normalized spacial score (nSPS) is 13.8. The molecule has 0 fully saturated rings. The molecule has 222 valence electrons. The highest BCUT2D eigenvalue weighted by Gasteiger charge is 2.26. The standard InChI is InChI=1S/C33H27N9O3/c1-19(44)37-26-9-6-21(16-22(26)18-43)33(45)39-27-10-5-20-17-23(7-8-24(20)27)42-31(25-4-2-13-35-30(25)34)38-28-11-12-29(40-32(28)42)41-15-3-14-36-41/h2-4,6-9,11-18,27H,5,10H2,1H3,(H2,34,35)(H,37,44)(H,39,45)/t27-/m0/s1. The van der Waals surface area contributed by atoms with Gasteiger partial charge in [-0.2, -0.15) is 5.10 Å². The Labute approximate surface area is 256 Å². The number of amides is 2. The highest BCUT2D eigenvalue weighted by atomic mass is 16.2. The third-order valence-electron chi connectivity index (χ3n) is 7.83. The number of anilines is 2. The number of fused-ring (bicyclic) bond motifs is 2. The summed E-state index contributed by atoms with van der Waals surface area (Å²) in [6.07, 6.45) is 7.25. The molecule has 1 aliphatic rings. The molecule has 6 aromatic rings. The van der Waals surface area contributed by atoms with Crippen molar-refractivity contribution in [3.05, 3.63) is 108 Å². The van der Waals surface area contributed by atoms with E-state index >= 15 is 0 Å². The van der Waals surface area contributed by atoms with Crippen molar-refractivity contribution in [2.75, 3.05) is 11.1 Å². The summed E-state index contributed by atoms with van der Waals surface area (Å²) in [5.74, 6) is 1.00. The van der Waals surface area contributed by atoms with E-state index < -0.39 is 0 Å². The van der Waals surface area contributed by atoms with E-state index in [-0.39, 0.29) is 23.4 Å². The Balaban J connectivity index is 1.24. The largest absolute Gasteiger partial charge is 0.383 e. The Bertz CT molecular complexity index is 2120. The third-order valence-corrected chi connectivity index (χ3v) is 7.83. The molecule has 45 heavy (non-hydrogen) atoms. The number of nitrogen functional groups attached to an aromatic ring is 1. The fourth-order valence-corrected chi connectivity index (χ4v) is 5.75. The Kier molecular flexibility index (Phi) is 6.85. The summed E-state index contributed by atoms with van der Waals surface area (Å²) in [5.41, 5.74) is 12.2. The number of aromatic nitrogens is 6. The zero-order chi connectivity index (χ0) is 31.1. The number of hydrogen-bond donors (Lipinski definition) is 3. The van der Waals surface area contributed by atoms with Gasteiger partial charge in [0.05, 0.1) is 17.3 Å². The van der Waals surface area contributed by atoms with Gasteiger partial charge in [0.15, 0.2) is 23.6 Å². The lowest BCUT2D eigenvalue weighted by molar-refractivity contribution is -0.114. The number of aldehydes is 1. The molecule has 1 atom stereocenters. The maximum absolute atomic E-state index is 13.2. The summed E-state index contributed by atoms with van der Waals surface area (Å²) in [7, 11) is 0. The van der Waals surface area contributed by atoms with Crippen molar-refractivity contribution in [2.45, 2.75) is 25.8 Å². The summed E-state index contributed by atoms with van der Waals surface area (Å²) >= 11 is 0. The second kappa shape index (κ2) is 11.2. The van der Waals surface area contributed by atoms with Crippen LogP contribution in [0.4, 0.5) is 11.5 Å². The number of pyridine rings is 2. The van der Waals surface area contributed by atoms with Crippen molar-refractivity contribution in [1.82, 2.24) is 34.6 Å². The van der Waals surface area contributed by atoms with Crippen LogP contribution in [-0.2, 0) is 11.2 Å². The van der Waals surface area contributed by atoms with E-state index in [0.29, 0.717) is 58.1 Å². The highest BCUT2D eigenvalue weighted by Crippen LogP contribution is 2.36. The summed E-state index contributed by atoms with van der Waals surface area (Å²) in [6.45, 7) is 1.36. The lowest BCUT2D eigenvalue weighted by Crippen LogP contribution is -2.27. The fourth-order valence-electron chi connectivity index (χ4n) is 5.75. The molecule has 0 spiro atoms. The number of benzene rings is 2. The number of imidazole rings is 1. The van der Waals surface area contributed by atoms with E-state index in [2.05, 4.69) is 26.8 Å². The number of nitrogens with one attached hydrogen (secondary N) is 2. The van der Waals surface area contributed by atoms with Gasteiger partial charge in [-0.1, -0.05) is 6.07 Å². The lowest BCUT2D eigenvalue weighted by Gasteiger charge is -2.16. The minimum absolute atomic E-state index is 0.214. The first kappa shape index (κ1) is 27.7. The number of nitrogens with zero attached hydrogens (tertiary/aromatic N) is 6. The molecular formula is C33H27N9O3. The average molecular weight is 598 g/mol. The fraction of sp³-hybridized carbons (Fsp3) is 0.121. The second-order valence-corrected chi connectivity index (χ2v) is 10.7. The number of nitrogens with two attached hydrogens (primary N) is 1. The van der Waals surface area contributed by atoms with Gasteiger partial charge in [0, 0.05) is 42.3 Å². The molecule has 2 amide bonds. The van der Waals surface area contributed by atoms with Crippen LogP contribution in [0.3, 0.4) is 0 Å². The SMILES string of the molecule is CC(=O)Nc1ccc(C(=O)N[C@H]2CCc3cc(-n4c(-c5cccnc5N)nc5ccc(-n6cccn6)nc54)ccc32)cc1C=O. The molecule has 0 saturated carbocycles. The lowest BCUT2D eigenvalue weighted by atomic mass is 10.1. The first-order valence-corrected chi connectivity index (χ1v) is 14.3. The van der Waals surface area contributed by atoms with Crippen molar-refractivity contribution < 1.29 is 14.4 Å². The Morgan fingerprint density at radius 3 is 2.69 bits per heavy atom. The van der Waals surface area contributed by atoms with Crippen LogP contribution in [0.5, 0.6) is 0 Å². The maximum Gasteiger partial charge on any atom is 0.251 e. The van der Waals surface area contributed by atoms with Crippen LogP contribution in [-0.4, -0.2) is 47.4 Å². The monoisotopic (exact) mass is 597 g/mol. The van der Waals surface area contributed by atoms with Gasteiger partial charge in [-0.25, -0.2) is 19.6 Å². The predicted octanol–water partition coefficient (Wildman–Crippen LogP) is 4.44. The molecule has 4 heterocycles. The second-order valence-electron chi connectivity index (χ2n) is 10.7. The number of aryl methyl sites for hydroxylation is 1. The van der Waals surface area contributed by atoms with Crippen molar-refractivity contribution in [3.8, 4) is 22.9 Å². The Hall–Kier alpha value is -6.17. The molecule has 0 saturated heterocycles. The summed E-state index contributed by atoms with van der Waals surface area (Å²) < 4.78 is 3.66. The first-order chi connectivity index (χ1) is 21.9. The van der Waals surface area contributed by atoms with Crippen molar-refractivity contribution in [1.29, 1.82) is 0 Å². The molecule has 1 aliphatic carbocycles. The van der Waals surface area contributed by atoms with E-state index in [0.717, 1.165) is 23.2 Å². The quantitative estimate of drug-likeness (QED) is 0.228. The third kappa shape index (κ3) is 5.07. The van der Waals surface area contributed by atoms with E-state index in [1.54, 1.807) is 29.2 Å². The van der Waals surface area contributed by atoms with Crippen LogP contribution in [0.1, 0.15) is 51.2 Å². The van der Waals surface area contributed by atoms with Crippen molar-refractivity contribution in [3.63, 3.8) is 0 Å². The summed E-state index contributed by atoms with van der Waals surface area (Å²) in [4.78, 5) is 50.4. The molecule has 12 heteroatoms. The molecule has 0 bridgehead atoms. The minimum Gasteiger partial charge on any atom is -0.383 e. The van der Waals surface area contributed by atoms with Crippen molar-refractivity contribution >= 4 is 40.8 Å². The van der Waals surface area contributed by atoms with Crippen LogP contribution in [0.15, 0.2) is 85.3 Å². The molecule has 0 radical (unpaired) electrons. The predicted molar refractivity (Wildman–Crippen MR) is 168 cm³/mol. The van der Waals surface area contributed by atoms with Crippen LogP contribution < -0.4 is 16.4 Å². The van der Waals surface area contributed by atoms with Gasteiger partial charge in [0.1, 0.15) is 11.3 Å². The zero-order valence-electron chi connectivity index (χ0n) is 24.1. The minimum atomic E-state index is -0.306. The summed E-state index contributed by atoms with van der Waals surface area (Å²) in [5, 5.41) is 10.0. The molecular weight excluding hydrogens is 570 g/mol. The number of hydrogen-bond acceptors (Lipinski definition) is 8. The van der Waals surface area contributed by atoms with Gasteiger partial charge >= 0.3 is 0 Å². The molecule has 4 aromatic heterocycles. The highest BCUT2D eigenvalue weighted by molar-refractivity contribution is 6.00. The van der Waals surface area contributed by atoms with Gasteiger partial charge in [-0.3, -0.25) is 19.0 Å². The molecule has 2 aromatic carbocycles. The Morgan fingerprint density at radius 2 is 1.91 bits per heavy atom. The summed E-state index contributed by atoms with van der Waals surface area (Å²) in [6, 6.07) is 19.8. The van der Waals surface area contributed by atoms with Crippen LogP contribution in [0.25, 0.3) is 34.1 Å². The first-order valence-electron chi connectivity index (χ1n) is 14.3. The smallest absolute Gasteiger partial charge is 0.251 e. The van der Waals surface area contributed by atoms with Gasteiger partial charge in [-0.15, -0.1) is 0 Å². The molecule has 0 unspecified atom stereocenters. The van der Waals surface area contributed by atoms with Crippen LogP contribution in [0.2, 0.25) is 0 Å². The average Bonchev–Trinajstić information content (AvgIpc) is 3.80. The molecule has 0 aliphatic heterocycles. The van der Waals surface area contributed by atoms with Crippen molar-refractivity contribution in [2.24, 2.45) is 0 Å². The van der Waals surface area contributed by atoms with Gasteiger partial charge in [0.25, 0.3) is 5.91 Å². The van der Waals surface area contributed by atoms with Crippen LogP contribution >= 0.6 is 0 Å². The molecule has 12 nitrogen and oxygen atoms in total. The van der Waals surface area contributed by atoms with E-state index in [4.69, 9.17) is 15.7 Å². The Morgan fingerprint density at radius 1 is 1.02 bits per heavy atom. The van der Waals surface area contributed by atoms with Gasteiger partial charge < -0.3 is 16.4 Å². The number of rotatable bonds is 7. The molecule has 7 rings (SSSR count). The van der Waals surface area contributed by atoms with Crippen LogP contribution in [0, 0.1) is 0 Å². The zero-order valence-corrected chi connectivity index (χ0v) is 24.1. The maximum atomic E-state index is 13.2. The van der Waals surface area contributed by atoms with E-state index in [9.17, 15) is 14.4 Å². The van der Waals surface area contributed by atoms with E-state index in [1.807, 2.05) is 53.2 Å².